The number of carbonyl (C=O) groups excluding carboxylic acids is 1. The van der Waals surface area contributed by atoms with Gasteiger partial charge in [-0.2, -0.15) is 5.26 Å². The lowest BCUT2D eigenvalue weighted by Crippen LogP contribution is -2.31. The Morgan fingerprint density at radius 2 is 2.05 bits per heavy atom. The third-order valence-corrected chi connectivity index (χ3v) is 4.17. The Kier molecular flexibility index (Phi) is 6.19. The first kappa shape index (κ1) is 16.2. The van der Waals surface area contributed by atoms with Crippen LogP contribution in [0.1, 0.15) is 30.9 Å². The number of carbonyl (C=O) groups is 1. The van der Waals surface area contributed by atoms with Crippen LogP contribution in [-0.2, 0) is 20.4 Å². The largest absolute Gasteiger partial charge is 0.355 e. The second-order valence-electron chi connectivity index (χ2n) is 4.50. The van der Waals surface area contributed by atoms with Gasteiger partial charge < -0.3 is 5.32 Å². The van der Waals surface area contributed by atoms with Crippen molar-refractivity contribution in [1.29, 1.82) is 5.26 Å². The molecule has 1 amide bonds. The molecule has 0 saturated carbocycles. The van der Waals surface area contributed by atoms with E-state index in [9.17, 15) is 13.2 Å². The summed E-state index contributed by atoms with van der Waals surface area (Å²) in [7, 11) is -3.57. The molecule has 0 unspecified atom stereocenters. The van der Waals surface area contributed by atoms with Crippen molar-refractivity contribution >= 4 is 15.7 Å². The van der Waals surface area contributed by atoms with E-state index in [2.05, 4.69) is 5.32 Å². The lowest BCUT2D eigenvalue weighted by molar-refractivity contribution is -0.118. The van der Waals surface area contributed by atoms with Crippen LogP contribution in [0.25, 0.3) is 0 Å². The maximum Gasteiger partial charge on any atom is 0.235 e. The van der Waals surface area contributed by atoms with E-state index in [1.54, 1.807) is 24.3 Å². The predicted octanol–water partition coefficient (Wildman–Crippen LogP) is 1.39. The third-order valence-electron chi connectivity index (χ3n) is 2.72. The van der Waals surface area contributed by atoms with Crippen LogP contribution in [-0.4, -0.2) is 26.6 Å². The molecule has 0 radical (unpaired) electrons. The van der Waals surface area contributed by atoms with Crippen LogP contribution in [0.4, 0.5) is 0 Å². The van der Waals surface area contributed by atoms with Gasteiger partial charge in [-0.3, -0.25) is 4.79 Å². The smallest absolute Gasteiger partial charge is 0.235 e. The Morgan fingerprint density at radius 1 is 1.35 bits per heavy atom. The van der Waals surface area contributed by atoms with Crippen LogP contribution in [0.5, 0.6) is 0 Å². The average Bonchev–Trinajstić information content (AvgIpc) is 2.38. The number of nitrogens with one attached hydrogen (secondary N) is 1. The monoisotopic (exact) mass is 294 g/mol. The van der Waals surface area contributed by atoms with E-state index in [0.29, 0.717) is 17.7 Å². The highest BCUT2D eigenvalue weighted by molar-refractivity contribution is 7.91. The van der Waals surface area contributed by atoms with E-state index in [0.717, 1.165) is 12.8 Å². The molecule has 0 heterocycles. The van der Waals surface area contributed by atoms with E-state index < -0.39 is 21.5 Å². The van der Waals surface area contributed by atoms with Gasteiger partial charge in [-0.1, -0.05) is 31.5 Å². The van der Waals surface area contributed by atoms with Gasteiger partial charge in [-0.25, -0.2) is 8.42 Å². The van der Waals surface area contributed by atoms with Gasteiger partial charge in [0, 0.05) is 6.54 Å². The Hall–Kier alpha value is -1.87. The molecule has 1 aromatic carbocycles. The Labute approximate surface area is 119 Å². The summed E-state index contributed by atoms with van der Waals surface area (Å²) in [5, 5.41) is 11.5. The van der Waals surface area contributed by atoms with Gasteiger partial charge in [0.25, 0.3) is 0 Å². The molecule has 0 aliphatic rings. The quantitative estimate of drug-likeness (QED) is 0.770. The fourth-order valence-electron chi connectivity index (χ4n) is 1.70. The van der Waals surface area contributed by atoms with Gasteiger partial charge in [0.1, 0.15) is 5.75 Å². The second kappa shape index (κ2) is 7.65. The van der Waals surface area contributed by atoms with Crippen molar-refractivity contribution in [2.24, 2.45) is 0 Å². The Balaban J connectivity index is 2.66. The van der Waals surface area contributed by atoms with Crippen molar-refractivity contribution in [3.8, 4) is 6.07 Å². The SMILES string of the molecule is CCCCNC(=O)CS(=O)(=O)Cc1ccccc1C#N. The number of nitrogens with zero attached hydrogens (tertiary/aromatic N) is 1. The molecule has 108 valence electrons. The third kappa shape index (κ3) is 5.41. The number of rotatable bonds is 7. The number of nitriles is 1. The first-order valence-corrected chi connectivity index (χ1v) is 8.25. The van der Waals surface area contributed by atoms with Crippen molar-refractivity contribution in [2.75, 3.05) is 12.3 Å². The van der Waals surface area contributed by atoms with E-state index in [4.69, 9.17) is 5.26 Å². The highest BCUT2D eigenvalue weighted by Gasteiger charge is 2.18. The van der Waals surface area contributed by atoms with Crippen molar-refractivity contribution in [3.63, 3.8) is 0 Å². The molecule has 20 heavy (non-hydrogen) atoms. The van der Waals surface area contributed by atoms with Crippen molar-refractivity contribution < 1.29 is 13.2 Å². The summed E-state index contributed by atoms with van der Waals surface area (Å²) < 4.78 is 23.9. The van der Waals surface area contributed by atoms with Gasteiger partial charge in [-0.15, -0.1) is 0 Å². The normalized spacial score (nSPS) is 10.8. The highest BCUT2D eigenvalue weighted by atomic mass is 32.2. The van der Waals surface area contributed by atoms with E-state index >= 15 is 0 Å². The van der Waals surface area contributed by atoms with E-state index in [-0.39, 0.29) is 5.75 Å². The van der Waals surface area contributed by atoms with Gasteiger partial charge in [0.2, 0.25) is 5.91 Å². The summed E-state index contributed by atoms with van der Waals surface area (Å²) in [5.41, 5.74) is 0.749. The van der Waals surface area contributed by atoms with Crippen molar-refractivity contribution in [2.45, 2.75) is 25.5 Å². The number of amides is 1. The van der Waals surface area contributed by atoms with Gasteiger partial charge in [-0.05, 0) is 18.1 Å². The highest BCUT2D eigenvalue weighted by Crippen LogP contribution is 2.12. The molecule has 0 saturated heterocycles. The van der Waals surface area contributed by atoms with Crippen LogP contribution < -0.4 is 5.32 Å². The minimum absolute atomic E-state index is 0.294. The molecule has 0 bridgehead atoms. The number of unbranched alkanes of at least 4 members (excludes halogenated alkanes) is 1. The fraction of sp³-hybridized carbons (Fsp3) is 0.429. The van der Waals surface area contributed by atoms with Crippen LogP contribution in [0.15, 0.2) is 24.3 Å². The summed E-state index contributed by atoms with van der Waals surface area (Å²) in [5.74, 6) is -1.33. The van der Waals surface area contributed by atoms with Gasteiger partial charge in [0.15, 0.2) is 9.84 Å². The van der Waals surface area contributed by atoms with Crippen LogP contribution >= 0.6 is 0 Å². The molecule has 0 fully saturated rings. The lowest BCUT2D eigenvalue weighted by Gasteiger charge is -2.07. The Morgan fingerprint density at radius 3 is 2.70 bits per heavy atom. The molecule has 0 spiro atoms. The van der Waals surface area contributed by atoms with Crippen molar-refractivity contribution in [3.05, 3.63) is 35.4 Å². The molecule has 1 rings (SSSR count). The lowest BCUT2D eigenvalue weighted by atomic mass is 10.1. The molecular weight excluding hydrogens is 276 g/mol. The zero-order chi connectivity index (χ0) is 15.0. The minimum atomic E-state index is -3.57. The fourth-order valence-corrected chi connectivity index (χ4v) is 3.03. The molecule has 0 aromatic heterocycles. The van der Waals surface area contributed by atoms with Crippen LogP contribution in [0, 0.1) is 11.3 Å². The summed E-state index contributed by atoms with van der Waals surface area (Å²) in [6, 6.07) is 8.44. The molecular formula is C14H18N2O3S. The molecule has 1 aromatic rings. The van der Waals surface area contributed by atoms with E-state index in [1.807, 2.05) is 13.0 Å². The second-order valence-corrected chi connectivity index (χ2v) is 6.57. The summed E-state index contributed by atoms with van der Waals surface area (Å²) in [4.78, 5) is 11.5. The molecule has 0 aliphatic heterocycles. The molecule has 1 N–H and O–H groups in total. The standard InChI is InChI=1S/C14H18N2O3S/c1-2-3-8-16-14(17)11-20(18,19)10-13-7-5-4-6-12(13)9-15/h4-7H,2-3,8,10-11H2,1H3,(H,16,17). The number of hydrogen-bond donors (Lipinski definition) is 1. The zero-order valence-electron chi connectivity index (χ0n) is 11.4. The first-order chi connectivity index (χ1) is 9.48. The van der Waals surface area contributed by atoms with Crippen LogP contribution in [0.2, 0.25) is 0 Å². The number of benzene rings is 1. The topological polar surface area (TPSA) is 87.0 Å². The number of sulfone groups is 1. The maximum atomic E-state index is 11.9. The zero-order valence-corrected chi connectivity index (χ0v) is 12.2. The minimum Gasteiger partial charge on any atom is -0.355 e. The molecule has 5 nitrogen and oxygen atoms in total. The summed E-state index contributed by atoms with van der Waals surface area (Å²) >= 11 is 0. The average molecular weight is 294 g/mol. The van der Waals surface area contributed by atoms with Crippen LogP contribution in [0.3, 0.4) is 0 Å². The maximum absolute atomic E-state index is 11.9. The molecule has 6 heteroatoms. The molecule has 0 aliphatic carbocycles. The summed E-state index contributed by atoms with van der Waals surface area (Å²) in [6.45, 7) is 2.47. The Bertz CT molecular complexity index is 603. The van der Waals surface area contributed by atoms with Gasteiger partial charge >= 0.3 is 0 Å². The number of hydrogen-bond acceptors (Lipinski definition) is 4. The van der Waals surface area contributed by atoms with E-state index in [1.165, 1.54) is 0 Å². The summed E-state index contributed by atoms with van der Waals surface area (Å²) in [6.07, 6.45) is 1.76. The van der Waals surface area contributed by atoms with Gasteiger partial charge in [0.05, 0.1) is 17.4 Å². The first-order valence-electron chi connectivity index (χ1n) is 6.43. The van der Waals surface area contributed by atoms with Crippen molar-refractivity contribution in [1.82, 2.24) is 5.32 Å². The molecule has 0 atom stereocenters. The predicted molar refractivity (Wildman–Crippen MR) is 76.6 cm³/mol.